The highest BCUT2D eigenvalue weighted by molar-refractivity contribution is 5.92. The standard InChI is InChI=1S/C18H18O5/c1-2-3-11-22-16-6-4-5-14(12-16)18(21)23-15-9-7-13(8-10-15)17(19)20/h4-10,12H,2-3,11H2,1H3,(H,19,20). The zero-order chi connectivity index (χ0) is 16.7. The van der Waals surface area contributed by atoms with Crippen LogP contribution in [0.3, 0.4) is 0 Å². The Morgan fingerprint density at radius 2 is 1.74 bits per heavy atom. The molecule has 23 heavy (non-hydrogen) atoms. The Morgan fingerprint density at radius 3 is 2.39 bits per heavy atom. The number of ether oxygens (including phenoxy) is 2. The Labute approximate surface area is 134 Å². The molecule has 0 spiro atoms. The zero-order valence-electron chi connectivity index (χ0n) is 12.8. The van der Waals surface area contributed by atoms with E-state index in [1.54, 1.807) is 24.3 Å². The maximum Gasteiger partial charge on any atom is 0.343 e. The summed E-state index contributed by atoms with van der Waals surface area (Å²) in [7, 11) is 0. The average Bonchev–Trinajstić information content (AvgIpc) is 2.56. The van der Waals surface area contributed by atoms with Gasteiger partial charge in [0.15, 0.2) is 0 Å². The third-order valence-corrected chi connectivity index (χ3v) is 3.15. The van der Waals surface area contributed by atoms with Crippen LogP contribution in [-0.2, 0) is 0 Å². The molecule has 0 saturated heterocycles. The van der Waals surface area contributed by atoms with Gasteiger partial charge in [0.1, 0.15) is 11.5 Å². The molecule has 0 aliphatic rings. The number of aromatic carboxylic acids is 1. The normalized spacial score (nSPS) is 10.1. The highest BCUT2D eigenvalue weighted by Crippen LogP contribution is 2.18. The van der Waals surface area contributed by atoms with E-state index in [9.17, 15) is 9.59 Å². The van der Waals surface area contributed by atoms with Crippen molar-refractivity contribution in [2.75, 3.05) is 6.61 Å². The number of carboxylic acid groups (broad SMARTS) is 1. The summed E-state index contributed by atoms with van der Waals surface area (Å²) in [6.45, 7) is 2.68. The second-order valence-electron chi connectivity index (χ2n) is 4.95. The van der Waals surface area contributed by atoms with Crippen LogP contribution in [0, 0.1) is 0 Å². The summed E-state index contributed by atoms with van der Waals surface area (Å²) in [6.07, 6.45) is 1.98. The fourth-order valence-electron chi connectivity index (χ4n) is 1.88. The number of rotatable bonds is 7. The van der Waals surface area contributed by atoms with Crippen molar-refractivity contribution in [2.45, 2.75) is 19.8 Å². The van der Waals surface area contributed by atoms with Crippen LogP contribution in [0.4, 0.5) is 0 Å². The molecular formula is C18H18O5. The molecule has 5 heteroatoms. The van der Waals surface area contributed by atoms with Gasteiger partial charge in [-0.25, -0.2) is 9.59 Å². The minimum absolute atomic E-state index is 0.135. The smallest absolute Gasteiger partial charge is 0.343 e. The quantitative estimate of drug-likeness (QED) is 0.478. The zero-order valence-corrected chi connectivity index (χ0v) is 12.8. The summed E-state index contributed by atoms with van der Waals surface area (Å²) in [6, 6.07) is 12.4. The molecule has 0 atom stereocenters. The molecule has 5 nitrogen and oxygen atoms in total. The van der Waals surface area contributed by atoms with Gasteiger partial charge in [-0.1, -0.05) is 19.4 Å². The summed E-state index contributed by atoms with van der Waals surface area (Å²) in [5.41, 5.74) is 0.512. The van der Waals surface area contributed by atoms with Crippen LogP contribution in [0.1, 0.15) is 40.5 Å². The molecule has 0 bridgehead atoms. The lowest BCUT2D eigenvalue weighted by Crippen LogP contribution is -2.09. The number of carboxylic acids is 1. The third-order valence-electron chi connectivity index (χ3n) is 3.15. The van der Waals surface area contributed by atoms with Gasteiger partial charge >= 0.3 is 11.9 Å². The summed E-state index contributed by atoms with van der Waals surface area (Å²) < 4.78 is 10.8. The van der Waals surface area contributed by atoms with Crippen LogP contribution in [0.2, 0.25) is 0 Å². The number of hydrogen-bond donors (Lipinski definition) is 1. The van der Waals surface area contributed by atoms with Crippen molar-refractivity contribution in [3.63, 3.8) is 0 Å². The Kier molecular flexibility index (Phi) is 5.74. The van der Waals surface area contributed by atoms with Crippen LogP contribution in [0.15, 0.2) is 48.5 Å². The van der Waals surface area contributed by atoms with Gasteiger partial charge in [-0.05, 0) is 48.9 Å². The minimum Gasteiger partial charge on any atom is -0.494 e. The molecule has 0 heterocycles. The van der Waals surface area contributed by atoms with Crippen molar-refractivity contribution in [3.8, 4) is 11.5 Å². The van der Waals surface area contributed by atoms with Crippen molar-refractivity contribution < 1.29 is 24.2 Å². The average molecular weight is 314 g/mol. The van der Waals surface area contributed by atoms with Gasteiger partial charge in [0.2, 0.25) is 0 Å². The highest BCUT2D eigenvalue weighted by Gasteiger charge is 2.10. The number of hydrogen-bond acceptors (Lipinski definition) is 4. The minimum atomic E-state index is -1.03. The molecule has 0 unspecified atom stereocenters. The number of benzene rings is 2. The third kappa shape index (κ3) is 4.85. The molecule has 0 radical (unpaired) electrons. The molecule has 0 amide bonds. The van der Waals surface area contributed by atoms with E-state index in [1.165, 1.54) is 24.3 Å². The molecule has 0 aliphatic heterocycles. The maximum absolute atomic E-state index is 12.1. The van der Waals surface area contributed by atoms with E-state index < -0.39 is 11.9 Å². The first-order chi connectivity index (χ1) is 11.1. The molecule has 2 rings (SSSR count). The van der Waals surface area contributed by atoms with E-state index in [1.807, 2.05) is 0 Å². The molecule has 0 fully saturated rings. The molecule has 0 aromatic heterocycles. The predicted molar refractivity (Wildman–Crippen MR) is 85.2 cm³/mol. The molecule has 0 aliphatic carbocycles. The van der Waals surface area contributed by atoms with Crippen LogP contribution in [0.5, 0.6) is 11.5 Å². The van der Waals surface area contributed by atoms with Crippen molar-refractivity contribution in [3.05, 3.63) is 59.7 Å². The molecule has 1 N–H and O–H groups in total. The summed E-state index contributed by atoms with van der Waals surface area (Å²) >= 11 is 0. The highest BCUT2D eigenvalue weighted by atomic mass is 16.5. The summed E-state index contributed by atoms with van der Waals surface area (Å²) in [5, 5.41) is 8.83. The van der Waals surface area contributed by atoms with E-state index in [0.717, 1.165) is 12.8 Å². The van der Waals surface area contributed by atoms with Crippen LogP contribution >= 0.6 is 0 Å². The Hall–Kier alpha value is -2.82. The van der Waals surface area contributed by atoms with Crippen molar-refractivity contribution in [1.29, 1.82) is 0 Å². The van der Waals surface area contributed by atoms with Crippen molar-refractivity contribution in [2.24, 2.45) is 0 Å². The molecular weight excluding hydrogens is 296 g/mol. The first kappa shape index (κ1) is 16.5. The fourth-order valence-corrected chi connectivity index (χ4v) is 1.88. The Morgan fingerprint density at radius 1 is 1.00 bits per heavy atom. The first-order valence-electron chi connectivity index (χ1n) is 7.38. The van der Waals surface area contributed by atoms with Gasteiger partial charge in [0.05, 0.1) is 17.7 Å². The Balaban J connectivity index is 2.02. The molecule has 120 valence electrons. The maximum atomic E-state index is 12.1. The lowest BCUT2D eigenvalue weighted by Gasteiger charge is -2.08. The topological polar surface area (TPSA) is 72.8 Å². The van der Waals surface area contributed by atoms with Crippen LogP contribution in [0.25, 0.3) is 0 Å². The SMILES string of the molecule is CCCCOc1cccc(C(=O)Oc2ccc(C(=O)O)cc2)c1. The van der Waals surface area contributed by atoms with E-state index in [-0.39, 0.29) is 11.3 Å². The lowest BCUT2D eigenvalue weighted by molar-refractivity contribution is 0.0696. The van der Waals surface area contributed by atoms with E-state index in [4.69, 9.17) is 14.6 Å². The molecule has 2 aromatic carbocycles. The molecule has 0 saturated carbocycles. The van der Waals surface area contributed by atoms with E-state index in [2.05, 4.69) is 6.92 Å². The van der Waals surface area contributed by atoms with E-state index >= 15 is 0 Å². The largest absolute Gasteiger partial charge is 0.494 e. The predicted octanol–water partition coefficient (Wildman–Crippen LogP) is 3.78. The second-order valence-corrected chi connectivity index (χ2v) is 4.95. The van der Waals surface area contributed by atoms with Gasteiger partial charge in [0.25, 0.3) is 0 Å². The van der Waals surface area contributed by atoms with E-state index in [0.29, 0.717) is 17.9 Å². The van der Waals surface area contributed by atoms with Gasteiger partial charge in [-0.2, -0.15) is 0 Å². The summed E-state index contributed by atoms with van der Waals surface area (Å²) in [5.74, 6) is -0.639. The van der Waals surface area contributed by atoms with Crippen molar-refractivity contribution >= 4 is 11.9 Å². The van der Waals surface area contributed by atoms with Crippen LogP contribution < -0.4 is 9.47 Å². The van der Waals surface area contributed by atoms with Crippen molar-refractivity contribution in [1.82, 2.24) is 0 Å². The summed E-state index contributed by atoms with van der Waals surface area (Å²) in [4.78, 5) is 22.9. The van der Waals surface area contributed by atoms with Crippen LogP contribution in [-0.4, -0.2) is 23.7 Å². The Bertz CT molecular complexity index is 676. The van der Waals surface area contributed by atoms with Gasteiger partial charge in [0, 0.05) is 0 Å². The number of carbonyl (C=O) groups is 2. The first-order valence-corrected chi connectivity index (χ1v) is 7.38. The second kappa shape index (κ2) is 7.98. The van der Waals surface area contributed by atoms with Gasteiger partial charge < -0.3 is 14.6 Å². The monoisotopic (exact) mass is 314 g/mol. The fraction of sp³-hybridized carbons (Fsp3) is 0.222. The lowest BCUT2D eigenvalue weighted by atomic mass is 10.2. The number of carbonyl (C=O) groups excluding carboxylic acids is 1. The van der Waals surface area contributed by atoms with Gasteiger partial charge in [-0.3, -0.25) is 0 Å². The molecule has 2 aromatic rings. The number of esters is 1. The van der Waals surface area contributed by atoms with Gasteiger partial charge in [-0.15, -0.1) is 0 Å². The number of unbranched alkanes of at least 4 members (excludes halogenated alkanes) is 1.